The van der Waals surface area contributed by atoms with Crippen LogP contribution in [0.4, 0.5) is 0 Å². The van der Waals surface area contributed by atoms with Crippen LogP contribution in [0.25, 0.3) is 0 Å². The van der Waals surface area contributed by atoms with E-state index in [1.54, 1.807) is 0 Å². The monoisotopic (exact) mass is 96.0 g/mol. The average molecular weight is 96.5 g/mol. The summed E-state index contributed by atoms with van der Waals surface area (Å²) in [4.78, 5) is 0. The second kappa shape index (κ2) is 4.21. The second-order valence-electron chi connectivity index (χ2n) is 0.516. The van der Waals surface area contributed by atoms with Gasteiger partial charge < -0.3 is 4.74 Å². The van der Waals surface area contributed by atoms with Crippen LogP contribution in [-0.2, 0) is 9.03 Å². The van der Waals surface area contributed by atoms with Gasteiger partial charge in [-0.3, -0.25) is 4.29 Å². The summed E-state index contributed by atoms with van der Waals surface area (Å²) in [6.45, 7) is 0.154. The second-order valence-corrected chi connectivity index (χ2v) is 0.734. The van der Waals surface area contributed by atoms with E-state index < -0.39 is 0 Å². The standard InChI is InChI=1S/C2H5ClO2/c1-4-2-5-3/h2H2,1H3. The van der Waals surface area contributed by atoms with E-state index in [0.29, 0.717) is 0 Å². The lowest BCUT2D eigenvalue weighted by molar-refractivity contribution is 0.0587. The number of rotatable bonds is 2. The topological polar surface area (TPSA) is 18.5 Å². The molecule has 0 aliphatic heterocycles. The average Bonchev–Trinajstić information content (AvgIpc) is 1.41. The Bertz CT molecular complexity index is 15.1. The SMILES string of the molecule is COCOCl. The molecule has 0 rings (SSSR count). The Labute approximate surface area is 35.8 Å². The van der Waals surface area contributed by atoms with Gasteiger partial charge in [0, 0.05) is 7.11 Å². The van der Waals surface area contributed by atoms with Gasteiger partial charge in [0.1, 0.15) is 0 Å². The predicted octanol–water partition coefficient (Wildman–Crippen LogP) is 0.761. The van der Waals surface area contributed by atoms with Crippen LogP contribution in [0.2, 0.25) is 0 Å². The Hall–Kier alpha value is 0.210. The first kappa shape index (κ1) is 5.21. The molecule has 0 aromatic rings. The Morgan fingerprint density at radius 2 is 2.40 bits per heavy atom. The fourth-order valence-corrected chi connectivity index (χ4v) is 0.134. The van der Waals surface area contributed by atoms with Gasteiger partial charge in [-0.05, 0) is 0 Å². The van der Waals surface area contributed by atoms with Crippen LogP contribution in [0, 0.1) is 0 Å². The van der Waals surface area contributed by atoms with Crippen molar-refractivity contribution >= 4 is 11.9 Å². The lowest BCUT2D eigenvalue weighted by atomic mass is 11.4. The van der Waals surface area contributed by atoms with Crippen LogP contribution in [0.3, 0.4) is 0 Å². The minimum Gasteiger partial charge on any atom is -0.357 e. The van der Waals surface area contributed by atoms with Gasteiger partial charge in [-0.15, -0.1) is 0 Å². The number of methoxy groups -OCH3 is 1. The van der Waals surface area contributed by atoms with Crippen LogP contribution in [0.15, 0.2) is 0 Å². The van der Waals surface area contributed by atoms with Gasteiger partial charge in [0.25, 0.3) is 0 Å². The summed E-state index contributed by atoms with van der Waals surface area (Å²) in [6.07, 6.45) is 0. The lowest BCUT2D eigenvalue weighted by Gasteiger charge is -1.84. The van der Waals surface area contributed by atoms with Gasteiger partial charge in [-0.1, -0.05) is 0 Å². The molecule has 32 valence electrons. The molecule has 0 amide bonds. The maximum atomic E-state index is 4.68. The molecular weight excluding hydrogens is 91.5 g/mol. The van der Waals surface area contributed by atoms with Crippen LogP contribution < -0.4 is 0 Å². The molecule has 0 fully saturated rings. The van der Waals surface area contributed by atoms with Crippen molar-refractivity contribution in [1.29, 1.82) is 0 Å². The molecular formula is C2H5ClO2. The molecule has 0 saturated heterocycles. The van der Waals surface area contributed by atoms with Gasteiger partial charge in [-0.25, -0.2) is 0 Å². The van der Waals surface area contributed by atoms with Crippen molar-refractivity contribution < 1.29 is 9.03 Å². The summed E-state index contributed by atoms with van der Waals surface area (Å²) >= 11 is 4.68. The molecule has 0 bridgehead atoms. The van der Waals surface area contributed by atoms with E-state index >= 15 is 0 Å². The fourth-order valence-electron chi connectivity index (χ4n) is 0.0445. The summed E-state index contributed by atoms with van der Waals surface area (Å²) in [7, 11) is 1.50. The molecule has 0 spiro atoms. The molecule has 0 radical (unpaired) electrons. The molecule has 0 unspecified atom stereocenters. The first-order valence-electron chi connectivity index (χ1n) is 1.14. The normalized spacial score (nSPS) is 8.40. The van der Waals surface area contributed by atoms with E-state index in [1.165, 1.54) is 7.11 Å². The smallest absolute Gasteiger partial charge is 0.166 e. The molecule has 0 atom stereocenters. The van der Waals surface area contributed by atoms with Crippen molar-refractivity contribution in [3.05, 3.63) is 0 Å². The van der Waals surface area contributed by atoms with Crippen molar-refractivity contribution in [3.8, 4) is 0 Å². The molecule has 0 saturated carbocycles. The largest absolute Gasteiger partial charge is 0.357 e. The first-order chi connectivity index (χ1) is 2.41. The number of hydrogen-bond acceptors (Lipinski definition) is 2. The highest BCUT2D eigenvalue weighted by atomic mass is 35.5. The van der Waals surface area contributed by atoms with Gasteiger partial charge in [0.05, 0.1) is 11.9 Å². The van der Waals surface area contributed by atoms with Crippen molar-refractivity contribution in [2.75, 3.05) is 13.9 Å². The highest BCUT2D eigenvalue weighted by Crippen LogP contribution is 1.74. The summed E-state index contributed by atoms with van der Waals surface area (Å²) in [5, 5.41) is 0. The Balaban J connectivity index is 2.19. The molecule has 0 aromatic carbocycles. The lowest BCUT2D eigenvalue weighted by Crippen LogP contribution is -1.82. The van der Waals surface area contributed by atoms with Gasteiger partial charge in [0.15, 0.2) is 6.79 Å². The van der Waals surface area contributed by atoms with Crippen molar-refractivity contribution in [2.24, 2.45) is 0 Å². The summed E-state index contributed by atoms with van der Waals surface area (Å²) in [5.74, 6) is 0. The first-order valence-corrected chi connectivity index (χ1v) is 1.45. The van der Waals surface area contributed by atoms with E-state index in [0.717, 1.165) is 0 Å². The maximum Gasteiger partial charge on any atom is 0.166 e. The minimum atomic E-state index is 0.154. The molecule has 5 heavy (non-hydrogen) atoms. The Morgan fingerprint density at radius 1 is 1.80 bits per heavy atom. The van der Waals surface area contributed by atoms with Crippen LogP contribution in [0.1, 0.15) is 0 Å². The van der Waals surface area contributed by atoms with E-state index in [2.05, 4.69) is 20.9 Å². The molecule has 2 nitrogen and oxygen atoms in total. The van der Waals surface area contributed by atoms with Crippen LogP contribution in [-0.4, -0.2) is 13.9 Å². The molecule has 0 heterocycles. The zero-order chi connectivity index (χ0) is 4.12. The van der Waals surface area contributed by atoms with E-state index in [-0.39, 0.29) is 6.79 Å². The maximum absolute atomic E-state index is 4.68. The Morgan fingerprint density at radius 3 is 2.40 bits per heavy atom. The number of halogens is 1. The summed E-state index contributed by atoms with van der Waals surface area (Å²) in [5.41, 5.74) is 0. The Kier molecular flexibility index (Phi) is 4.39. The third-order valence-corrected chi connectivity index (χ3v) is 0.251. The van der Waals surface area contributed by atoms with E-state index in [9.17, 15) is 0 Å². The molecule has 0 aliphatic carbocycles. The van der Waals surface area contributed by atoms with Crippen molar-refractivity contribution in [2.45, 2.75) is 0 Å². The zero-order valence-corrected chi connectivity index (χ0v) is 3.66. The summed E-state index contributed by atoms with van der Waals surface area (Å²) in [6, 6.07) is 0. The van der Waals surface area contributed by atoms with Crippen molar-refractivity contribution in [1.82, 2.24) is 0 Å². The van der Waals surface area contributed by atoms with Crippen LogP contribution >= 0.6 is 11.9 Å². The molecule has 3 heteroatoms. The van der Waals surface area contributed by atoms with Gasteiger partial charge in [-0.2, -0.15) is 0 Å². The fraction of sp³-hybridized carbons (Fsp3) is 1.00. The van der Waals surface area contributed by atoms with E-state index in [4.69, 9.17) is 0 Å². The molecule has 0 aliphatic rings. The van der Waals surface area contributed by atoms with E-state index in [1.807, 2.05) is 0 Å². The van der Waals surface area contributed by atoms with Gasteiger partial charge in [0.2, 0.25) is 0 Å². The van der Waals surface area contributed by atoms with Crippen molar-refractivity contribution in [3.63, 3.8) is 0 Å². The highest BCUT2D eigenvalue weighted by Gasteiger charge is 1.66. The zero-order valence-electron chi connectivity index (χ0n) is 2.90. The summed E-state index contributed by atoms with van der Waals surface area (Å²) < 4.78 is 8.28. The highest BCUT2D eigenvalue weighted by molar-refractivity contribution is 6.07. The minimum absolute atomic E-state index is 0.154. The van der Waals surface area contributed by atoms with Crippen LogP contribution in [0.5, 0.6) is 0 Å². The third kappa shape index (κ3) is 4.21. The number of ether oxygens (including phenoxy) is 1. The predicted molar refractivity (Wildman–Crippen MR) is 18.8 cm³/mol. The van der Waals surface area contributed by atoms with Gasteiger partial charge >= 0.3 is 0 Å². The third-order valence-electron chi connectivity index (χ3n) is 0.162. The number of hydrogen-bond donors (Lipinski definition) is 0. The molecule has 0 N–H and O–H groups in total. The quantitative estimate of drug-likeness (QED) is 0.473. The molecule has 0 aromatic heterocycles.